The van der Waals surface area contributed by atoms with Gasteiger partial charge in [-0.15, -0.1) is 0 Å². The Bertz CT molecular complexity index is 1050. The van der Waals surface area contributed by atoms with Gasteiger partial charge in [-0.05, 0) is 69.7 Å². The first-order valence-electron chi connectivity index (χ1n) is 13.5. The van der Waals surface area contributed by atoms with E-state index in [1.54, 1.807) is 4.68 Å². The number of aromatic nitrogens is 2. The molecular weight excluding hydrogens is 454 g/mol. The maximum absolute atomic E-state index is 13.3. The molecule has 8 nitrogen and oxygen atoms in total. The Hall–Kier alpha value is -2.87. The maximum Gasteiger partial charge on any atom is 0.237 e. The second kappa shape index (κ2) is 11.0. The minimum absolute atomic E-state index is 0.155. The largest absolute Gasteiger partial charge is 0.491 e. The molecule has 1 N–H and O–H groups in total. The number of nitrogens with zero attached hydrogens (tertiary/aromatic N) is 4. The molecule has 194 valence electrons. The summed E-state index contributed by atoms with van der Waals surface area (Å²) in [7, 11) is 1.90. The Balaban J connectivity index is 1.17. The van der Waals surface area contributed by atoms with Crippen LogP contribution in [0.5, 0.6) is 5.75 Å². The number of carbonyl (C=O) groups excluding carboxylic acids is 2. The molecule has 3 heterocycles. The number of likely N-dealkylation sites (tertiary alicyclic amines) is 1. The number of hydrogen-bond acceptors (Lipinski definition) is 5. The van der Waals surface area contributed by atoms with E-state index in [4.69, 9.17) is 4.74 Å². The van der Waals surface area contributed by atoms with Crippen molar-refractivity contribution in [2.75, 3.05) is 32.8 Å². The van der Waals surface area contributed by atoms with Gasteiger partial charge in [-0.1, -0.05) is 24.6 Å². The maximum atomic E-state index is 13.3. The van der Waals surface area contributed by atoms with Gasteiger partial charge in [0.15, 0.2) is 0 Å². The van der Waals surface area contributed by atoms with Crippen LogP contribution in [0.4, 0.5) is 0 Å². The zero-order valence-electron chi connectivity index (χ0n) is 21.5. The van der Waals surface area contributed by atoms with E-state index >= 15 is 0 Å². The fourth-order valence-corrected chi connectivity index (χ4v) is 5.71. The number of aryl methyl sites for hydroxylation is 2. The molecule has 1 saturated heterocycles. The van der Waals surface area contributed by atoms with Gasteiger partial charge in [0.1, 0.15) is 12.4 Å². The summed E-state index contributed by atoms with van der Waals surface area (Å²) < 4.78 is 7.75. The third-order valence-corrected chi connectivity index (χ3v) is 8.04. The van der Waals surface area contributed by atoms with E-state index in [1.807, 2.05) is 36.5 Å². The van der Waals surface area contributed by atoms with E-state index in [2.05, 4.69) is 27.4 Å². The van der Waals surface area contributed by atoms with Crippen LogP contribution in [0.15, 0.2) is 36.7 Å². The van der Waals surface area contributed by atoms with Crippen LogP contribution >= 0.6 is 0 Å². The minimum Gasteiger partial charge on any atom is -0.491 e. The normalized spacial score (nSPS) is 21.0. The average molecular weight is 494 g/mol. The van der Waals surface area contributed by atoms with Crippen LogP contribution < -0.4 is 10.1 Å². The van der Waals surface area contributed by atoms with Crippen molar-refractivity contribution in [3.63, 3.8) is 0 Å². The van der Waals surface area contributed by atoms with Crippen molar-refractivity contribution in [1.29, 1.82) is 0 Å². The number of para-hydroxylation sites is 1. The first kappa shape index (κ1) is 24.8. The molecule has 2 amide bonds. The van der Waals surface area contributed by atoms with Gasteiger partial charge >= 0.3 is 0 Å². The molecule has 2 aromatic rings. The molecule has 0 atom stereocenters. The summed E-state index contributed by atoms with van der Waals surface area (Å²) in [5.41, 5.74) is 1.98. The van der Waals surface area contributed by atoms with E-state index in [0.717, 1.165) is 75.8 Å². The summed E-state index contributed by atoms with van der Waals surface area (Å²) >= 11 is 0. The van der Waals surface area contributed by atoms with Gasteiger partial charge in [0, 0.05) is 31.4 Å². The number of benzene rings is 1. The van der Waals surface area contributed by atoms with Gasteiger partial charge in [0.2, 0.25) is 11.8 Å². The van der Waals surface area contributed by atoms with Crippen LogP contribution in [0, 0.1) is 5.41 Å². The number of hydrogen-bond donors (Lipinski definition) is 1. The van der Waals surface area contributed by atoms with Crippen molar-refractivity contribution < 1.29 is 14.3 Å². The summed E-state index contributed by atoms with van der Waals surface area (Å²) in [5.74, 6) is 1.28. The lowest BCUT2D eigenvalue weighted by molar-refractivity contribution is -0.137. The highest BCUT2D eigenvalue weighted by atomic mass is 16.5. The van der Waals surface area contributed by atoms with Crippen LogP contribution in [0.2, 0.25) is 0 Å². The molecule has 1 aromatic heterocycles. The van der Waals surface area contributed by atoms with Gasteiger partial charge < -0.3 is 15.0 Å². The number of fused-ring (bicyclic) bond motifs is 1. The molecule has 0 radical (unpaired) electrons. The van der Waals surface area contributed by atoms with Crippen molar-refractivity contribution in [3.05, 3.63) is 47.8 Å². The molecule has 1 aliphatic carbocycles. The standard InChI is InChI=1S/C28H39N5O3/c1-31-19-22(18-30-31)20-33(24-9-10-24)26(34)21-32-15-12-28(13-16-32)11-5-4-7-23-6-2-3-8-25(23)36-17-14-29-27(28)35/h2-3,6,8,18-19,24H,4-5,7,9-17,20-21H2,1H3,(H,29,35). The molecule has 5 rings (SSSR count). The molecule has 1 spiro atoms. The summed E-state index contributed by atoms with van der Waals surface area (Å²) in [4.78, 5) is 30.9. The van der Waals surface area contributed by atoms with Gasteiger partial charge in [-0.2, -0.15) is 5.10 Å². The molecule has 2 fully saturated rings. The number of piperidine rings is 1. The molecule has 8 heteroatoms. The van der Waals surface area contributed by atoms with Gasteiger partial charge in [-0.3, -0.25) is 19.2 Å². The quantitative estimate of drug-likeness (QED) is 0.693. The molecular formula is C28H39N5O3. The molecule has 1 saturated carbocycles. The first-order valence-corrected chi connectivity index (χ1v) is 13.5. The SMILES string of the molecule is Cn1cc(CN(C(=O)CN2CCC3(CCCCc4ccccc4OCCNC3=O)CC2)C2CC2)cn1. The van der Waals surface area contributed by atoms with Crippen molar-refractivity contribution in [2.45, 2.75) is 64.0 Å². The second-order valence-corrected chi connectivity index (χ2v) is 10.8. The lowest BCUT2D eigenvalue weighted by Gasteiger charge is -2.41. The molecule has 36 heavy (non-hydrogen) atoms. The Labute approximate surface area is 214 Å². The predicted molar refractivity (Wildman–Crippen MR) is 137 cm³/mol. The third kappa shape index (κ3) is 5.91. The van der Waals surface area contributed by atoms with E-state index in [1.165, 1.54) is 5.56 Å². The fourth-order valence-electron chi connectivity index (χ4n) is 5.71. The Morgan fingerprint density at radius 1 is 1.19 bits per heavy atom. The first-order chi connectivity index (χ1) is 17.5. The Kier molecular flexibility index (Phi) is 7.60. The summed E-state index contributed by atoms with van der Waals surface area (Å²) in [6, 6.07) is 8.58. The van der Waals surface area contributed by atoms with Crippen LogP contribution in [0.1, 0.15) is 56.1 Å². The van der Waals surface area contributed by atoms with Crippen molar-refractivity contribution in [3.8, 4) is 5.75 Å². The minimum atomic E-state index is -0.343. The number of carbonyl (C=O) groups is 2. The number of ether oxygens (including phenoxy) is 1. The molecule has 0 bridgehead atoms. The van der Waals surface area contributed by atoms with Crippen LogP contribution in [-0.4, -0.2) is 70.2 Å². The van der Waals surface area contributed by atoms with E-state index in [-0.39, 0.29) is 17.2 Å². The fraction of sp³-hybridized carbons (Fsp3) is 0.607. The van der Waals surface area contributed by atoms with Crippen molar-refractivity contribution >= 4 is 11.8 Å². The monoisotopic (exact) mass is 493 g/mol. The third-order valence-electron chi connectivity index (χ3n) is 8.04. The highest BCUT2D eigenvalue weighted by Crippen LogP contribution is 2.38. The highest BCUT2D eigenvalue weighted by Gasteiger charge is 2.41. The molecule has 2 aliphatic heterocycles. The molecule has 0 unspecified atom stereocenters. The predicted octanol–water partition coefficient (Wildman–Crippen LogP) is 2.91. The smallest absolute Gasteiger partial charge is 0.237 e. The number of rotatable bonds is 5. The average Bonchev–Trinajstić information content (AvgIpc) is 3.64. The lowest BCUT2D eigenvalue weighted by atomic mass is 9.73. The molecule has 1 aromatic carbocycles. The topological polar surface area (TPSA) is 79.7 Å². The van der Waals surface area contributed by atoms with E-state index in [9.17, 15) is 9.59 Å². The second-order valence-electron chi connectivity index (χ2n) is 10.8. The van der Waals surface area contributed by atoms with Gasteiger partial charge in [0.25, 0.3) is 0 Å². The zero-order valence-corrected chi connectivity index (χ0v) is 21.5. The van der Waals surface area contributed by atoms with Gasteiger partial charge in [-0.25, -0.2) is 0 Å². The zero-order chi connectivity index (χ0) is 25.0. The van der Waals surface area contributed by atoms with Crippen LogP contribution in [0.3, 0.4) is 0 Å². The lowest BCUT2D eigenvalue weighted by Crippen LogP contribution is -2.51. The highest BCUT2D eigenvalue weighted by molar-refractivity contribution is 5.83. The summed E-state index contributed by atoms with van der Waals surface area (Å²) in [6.07, 6.45) is 11.5. The molecule has 3 aliphatic rings. The number of nitrogens with one attached hydrogen (secondary N) is 1. The van der Waals surface area contributed by atoms with Crippen LogP contribution in [-0.2, 0) is 29.6 Å². The van der Waals surface area contributed by atoms with E-state index in [0.29, 0.717) is 32.3 Å². The Morgan fingerprint density at radius 2 is 2.00 bits per heavy atom. The Morgan fingerprint density at radius 3 is 2.75 bits per heavy atom. The van der Waals surface area contributed by atoms with Crippen molar-refractivity contribution in [2.24, 2.45) is 12.5 Å². The number of amides is 2. The summed E-state index contributed by atoms with van der Waals surface area (Å²) in [6.45, 7) is 3.62. The van der Waals surface area contributed by atoms with E-state index < -0.39 is 0 Å². The summed E-state index contributed by atoms with van der Waals surface area (Å²) in [5, 5.41) is 7.40. The van der Waals surface area contributed by atoms with Gasteiger partial charge in [0.05, 0.1) is 24.7 Å². The van der Waals surface area contributed by atoms with Crippen LogP contribution in [0.25, 0.3) is 0 Å². The van der Waals surface area contributed by atoms with Crippen molar-refractivity contribution in [1.82, 2.24) is 24.9 Å².